The minimum Gasteiger partial charge on any atom is -0.493 e. The number of para-hydroxylation sites is 2. The molecule has 1 aromatic heterocycles. The number of carbonyl (C=O) groups excluding carboxylic acids is 1. The number of hydrogen-bond acceptors (Lipinski definition) is 4. The summed E-state index contributed by atoms with van der Waals surface area (Å²) < 4.78 is 16.7. The number of benzene rings is 1. The molecule has 2 heterocycles. The molecular weight excluding hydrogens is 306 g/mol. The van der Waals surface area contributed by atoms with Gasteiger partial charge in [0.05, 0.1) is 26.2 Å². The van der Waals surface area contributed by atoms with Crippen LogP contribution in [-0.2, 0) is 4.79 Å². The highest BCUT2D eigenvalue weighted by Crippen LogP contribution is 2.33. The first-order valence-corrected chi connectivity index (χ1v) is 8.30. The Kier molecular flexibility index (Phi) is 5.08. The van der Waals surface area contributed by atoms with Crippen molar-refractivity contribution in [3.8, 4) is 11.5 Å². The summed E-state index contributed by atoms with van der Waals surface area (Å²) in [7, 11) is 1.60. The molecule has 5 heteroatoms. The molecule has 1 aliphatic heterocycles. The summed E-state index contributed by atoms with van der Waals surface area (Å²) in [5, 5.41) is 0. The summed E-state index contributed by atoms with van der Waals surface area (Å²) in [6.45, 7) is 3.03. The van der Waals surface area contributed by atoms with Crippen molar-refractivity contribution in [3.63, 3.8) is 0 Å². The first-order chi connectivity index (χ1) is 11.7. The minimum atomic E-state index is 0.0532. The summed E-state index contributed by atoms with van der Waals surface area (Å²) in [6, 6.07) is 11.4. The number of likely N-dealkylation sites (tertiary alicyclic amines) is 1. The predicted molar refractivity (Wildman–Crippen MR) is 90.2 cm³/mol. The number of rotatable bonds is 6. The van der Waals surface area contributed by atoms with Gasteiger partial charge in [0.15, 0.2) is 11.5 Å². The second-order valence-electron chi connectivity index (χ2n) is 5.94. The molecule has 1 fully saturated rings. The van der Waals surface area contributed by atoms with E-state index < -0.39 is 0 Å². The van der Waals surface area contributed by atoms with Gasteiger partial charge in [-0.2, -0.15) is 0 Å². The molecule has 5 nitrogen and oxygen atoms in total. The van der Waals surface area contributed by atoms with E-state index in [2.05, 4.69) is 0 Å². The number of aryl methyl sites for hydroxylation is 1. The third-order valence-electron chi connectivity index (χ3n) is 4.31. The van der Waals surface area contributed by atoms with Crippen LogP contribution in [-0.4, -0.2) is 31.1 Å². The van der Waals surface area contributed by atoms with Gasteiger partial charge in [0, 0.05) is 6.54 Å². The summed E-state index contributed by atoms with van der Waals surface area (Å²) in [4.78, 5) is 14.5. The lowest BCUT2D eigenvalue weighted by Gasteiger charge is -2.23. The van der Waals surface area contributed by atoms with Crippen LogP contribution < -0.4 is 9.47 Å². The topological polar surface area (TPSA) is 51.9 Å². The van der Waals surface area contributed by atoms with Crippen molar-refractivity contribution in [2.45, 2.75) is 32.2 Å². The third kappa shape index (κ3) is 3.55. The van der Waals surface area contributed by atoms with Gasteiger partial charge >= 0.3 is 0 Å². The number of hydrogen-bond donors (Lipinski definition) is 0. The van der Waals surface area contributed by atoms with Gasteiger partial charge < -0.3 is 18.8 Å². The maximum absolute atomic E-state index is 12.6. The molecule has 0 aliphatic carbocycles. The lowest BCUT2D eigenvalue weighted by atomic mass is 10.1. The smallest absolute Gasteiger partial charge is 0.226 e. The molecule has 0 unspecified atom stereocenters. The highest BCUT2D eigenvalue weighted by molar-refractivity contribution is 5.77. The average Bonchev–Trinajstić information content (AvgIpc) is 3.23. The molecule has 0 N–H and O–H groups in total. The van der Waals surface area contributed by atoms with Crippen LogP contribution in [0.3, 0.4) is 0 Å². The average molecular weight is 329 g/mol. The molecule has 0 saturated carbocycles. The van der Waals surface area contributed by atoms with Gasteiger partial charge in [-0.3, -0.25) is 4.79 Å². The molecule has 24 heavy (non-hydrogen) atoms. The summed E-state index contributed by atoms with van der Waals surface area (Å²) in [6.07, 6.45) is 2.30. The van der Waals surface area contributed by atoms with Gasteiger partial charge in [0.1, 0.15) is 11.5 Å². The number of furan rings is 1. The lowest BCUT2D eigenvalue weighted by molar-refractivity contribution is -0.133. The maximum Gasteiger partial charge on any atom is 0.226 e. The zero-order valence-corrected chi connectivity index (χ0v) is 14.2. The van der Waals surface area contributed by atoms with E-state index in [9.17, 15) is 4.79 Å². The van der Waals surface area contributed by atoms with Gasteiger partial charge in [0.2, 0.25) is 5.91 Å². The van der Waals surface area contributed by atoms with Crippen LogP contribution in [0.5, 0.6) is 11.5 Å². The molecule has 1 amide bonds. The van der Waals surface area contributed by atoms with Gasteiger partial charge in [-0.05, 0) is 44.0 Å². The van der Waals surface area contributed by atoms with Crippen molar-refractivity contribution in [3.05, 3.63) is 47.9 Å². The van der Waals surface area contributed by atoms with Crippen LogP contribution in [0, 0.1) is 6.92 Å². The van der Waals surface area contributed by atoms with Crippen molar-refractivity contribution >= 4 is 5.91 Å². The molecule has 0 radical (unpaired) electrons. The fraction of sp³-hybridized carbons (Fsp3) is 0.421. The van der Waals surface area contributed by atoms with Gasteiger partial charge in [-0.15, -0.1) is 0 Å². The molecule has 1 atom stereocenters. The Morgan fingerprint density at radius 1 is 1.25 bits per heavy atom. The number of amides is 1. The van der Waals surface area contributed by atoms with Gasteiger partial charge in [0.25, 0.3) is 0 Å². The van der Waals surface area contributed by atoms with Crippen LogP contribution in [0.2, 0.25) is 0 Å². The van der Waals surface area contributed by atoms with E-state index in [0.29, 0.717) is 24.5 Å². The molecule has 0 spiro atoms. The standard InChI is InChI=1S/C19H23NO4/c1-14-9-10-16(24-14)15-6-5-12-20(15)19(21)11-13-23-18-8-4-3-7-17(18)22-2/h3-4,7-10,15H,5-6,11-13H2,1-2H3/t15-/m0/s1. The van der Waals surface area contributed by atoms with E-state index >= 15 is 0 Å². The Balaban J connectivity index is 1.56. The number of nitrogens with zero attached hydrogens (tertiary/aromatic N) is 1. The van der Waals surface area contributed by atoms with Crippen molar-refractivity contribution in [2.75, 3.05) is 20.3 Å². The Bertz CT molecular complexity index is 694. The van der Waals surface area contributed by atoms with Crippen molar-refractivity contribution in [1.82, 2.24) is 4.90 Å². The quantitative estimate of drug-likeness (QED) is 0.810. The Morgan fingerprint density at radius 2 is 2.04 bits per heavy atom. The molecule has 3 rings (SSSR count). The number of ether oxygens (including phenoxy) is 2. The van der Waals surface area contributed by atoms with E-state index in [1.54, 1.807) is 7.11 Å². The zero-order chi connectivity index (χ0) is 16.9. The zero-order valence-electron chi connectivity index (χ0n) is 14.2. The Hall–Kier alpha value is -2.43. The fourth-order valence-corrected chi connectivity index (χ4v) is 3.12. The maximum atomic E-state index is 12.6. The van der Waals surface area contributed by atoms with E-state index in [4.69, 9.17) is 13.9 Å². The first kappa shape index (κ1) is 16.4. The largest absolute Gasteiger partial charge is 0.493 e. The molecule has 1 aromatic carbocycles. The molecule has 2 aromatic rings. The van der Waals surface area contributed by atoms with Gasteiger partial charge in [-0.25, -0.2) is 0 Å². The van der Waals surface area contributed by atoms with Crippen LogP contribution in [0.4, 0.5) is 0 Å². The molecule has 1 aliphatic rings. The monoisotopic (exact) mass is 329 g/mol. The van der Waals surface area contributed by atoms with Crippen molar-refractivity contribution in [1.29, 1.82) is 0 Å². The van der Waals surface area contributed by atoms with Crippen LogP contribution in [0.25, 0.3) is 0 Å². The first-order valence-electron chi connectivity index (χ1n) is 8.30. The van der Waals surface area contributed by atoms with E-state index in [0.717, 1.165) is 30.9 Å². The molecule has 1 saturated heterocycles. The summed E-state index contributed by atoms with van der Waals surface area (Å²) in [5.74, 6) is 3.19. The van der Waals surface area contributed by atoms with Gasteiger partial charge in [-0.1, -0.05) is 12.1 Å². The second kappa shape index (κ2) is 7.43. The molecular formula is C19H23NO4. The third-order valence-corrected chi connectivity index (χ3v) is 4.31. The van der Waals surface area contributed by atoms with Crippen LogP contribution in [0.1, 0.15) is 36.8 Å². The number of methoxy groups -OCH3 is 1. The normalized spacial score (nSPS) is 17.1. The Labute approximate surface area is 142 Å². The highest BCUT2D eigenvalue weighted by atomic mass is 16.5. The summed E-state index contributed by atoms with van der Waals surface area (Å²) >= 11 is 0. The van der Waals surface area contributed by atoms with Crippen molar-refractivity contribution in [2.24, 2.45) is 0 Å². The van der Waals surface area contributed by atoms with E-state index in [1.807, 2.05) is 48.2 Å². The number of carbonyl (C=O) groups is 1. The van der Waals surface area contributed by atoms with E-state index in [1.165, 1.54) is 0 Å². The van der Waals surface area contributed by atoms with Crippen LogP contribution >= 0.6 is 0 Å². The SMILES string of the molecule is COc1ccccc1OCCC(=O)N1CCC[C@H]1c1ccc(C)o1. The lowest BCUT2D eigenvalue weighted by Crippen LogP contribution is -2.31. The van der Waals surface area contributed by atoms with Crippen molar-refractivity contribution < 1.29 is 18.7 Å². The highest BCUT2D eigenvalue weighted by Gasteiger charge is 2.31. The second-order valence-corrected chi connectivity index (χ2v) is 5.94. The minimum absolute atomic E-state index is 0.0532. The Morgan fingerprint density at radius 3 is 2.75 bits per heavy atom. The van der Waals surface area contributed by atoms with Crippen LogP contribution in [0.15, 0.2) is 40.8 Å². The molecule has 128 valence electrons. The fourth-order valence-electron chi connectivity index (χ4n) is 3.12. The summed E-state index contributed by atoms with van der Waals surface area (Å²) in [5.41, 5.74) is 0. The predicted octanol–water partition coefficient (Wildman–Crippen LogP) is 3.73. The molecule has 0 bridgehead atoms. The van der Waals surface area contributed by atoms with E-state index in [-0.39, 0.29) is 11.9 Å².